The van der Waals surface area contributed by atoms with Crippen molar-refractivity contribution >= 4 is 11.3 Å². The molecule has 1 N–H and O–H groups in total. The highest BCUT2D eigenvalue weighted by atomic mass is 14.4. The average Bonchev–Trinajstić information content (AvgIpc) is 2.16. The average molecular weight is 185 g/mol. The van der Waals surface area contributed by atoms with Crippen LogP contribution in [0.4, 0.5) is 0 Å². The number of hydrogen-bond donors (Lipinski definition) is 1. The van der Waals surface area contributed by atoms with E-state index < -0.39 is 0 Å². The molecule has 0 spiro atoms. The van der Waals surface area contributed by atoms with Gasteiger partial charge in [-0.3, -0.25) is 0 Å². The van der Waals surface area contributed by atoms with Crippen molar-refractivity contribution in [2.45, 2.75) is 13.8 Å². The first-order valence-corrected chi connectivity index (χ1v) is 4.53. The van der Waals surface area contributed by atoms with Gasteiger partial charge in [-0.05, 0) is 36.1 Å². The summed E-state index contributed by atoms with van der Waals surface area (Å²) < 4.78 is 0. The van der Waals surface area contributed by atoms with Gasteiger partial charge in [-0.15, -0.1) is 0 Å². The van der Waals surface area contributed by atoms with Crippen molar-refractivity contribution < 1.29 is 0 Å². The summed E-state index contributed by atoms with van der Waals surface area (Å²) in [7, 11) is 0. The molecule has 0 saturated heterocycles. The molecule has 0 fully saturated rings. The molecule has 1 aromatic carbocycles. The first kappa shape index (κ1) is 10.5. The second kappa shape index (κ2) is 4.05. The maximum Gasteiger partial charge on any atom is 0.0635 e. The fourth-order valence-corrected chi connectivity index (χ4v) is 1.30. The van der Waals surface area contributed by atoms with E-state index in [-0.39, 0.29) is 0 Å². The lowest BCUT2D eigenvalue weighted by atomic mass is 9.95. The van der Waals surface area contributed by atoms with E-state index in [0.29, 0.717) is 5.71 Å². The Balaban J connectivity index is 3.08. The van der Waals surface area contributed by atoms with Crippen LogP contribution in [-0.4, -0.2) is 5.71 Å². The highest BCUT2D eigenvalue weighted by Gasteiger charge is 2.07. The SMILES string of the molecule is C=C(C)C(=N)C(=C)c1ccccc1C. The minimum absolute atomic E-state index is 0.430. The number of allylic oxidation sites excluding steroid dienone is 2. The van der Waals surface area contributed by atoms with Gasteiger partial charge in [-0.1, -0.05) is 37.4 Å². The van der Waals surface area contributed by atoms with Gasteiger partial charge in [0.25, 0.3) is 0 Å². The Hall–Kier alpha value is -1.63. The van der Waals surface area contributed by atoms with Crippen LogP contribution in [0.5, 0.6) is 0 Å². The normalized spacial score (nSPS) is 9.57. The van der Waals surface area contributed by atoms with Crippen molar-refractivity contribution in [2.24, 2.45) is 0 Å². The summed E-state index contributed by atoms with van der Waals surface area (Å²) in [5.74, 6) is 0. The highest BCUT2D eigenvalue weighted by Crippen LogP contribution is 2.19. The number of rotatable bonds is 3. The van der Waals surface area contributed by atoms with Gasteiger partial charge < -0.3 is 5.41 Å². The van der Waals surface area contributed by atoms with Crippen LogP contribution >= 0.6 is 0 Å². The van der Waals surface area contributed by atoms with Gasteiger partial charge in [0.15, 0.2) is 0 Å². The topological polar surface area (TPSA) is 23.9 Å². The number of hydrogen-bond acceptors (Lipinski definition) is 1. The summed E-state index contributed by atoms with van der Waals surface area (Å²) in [6.07, 6.45) is 0. The fourth-order valence-electron chi connectivity index (χ4n) is 1.30. The van der Waals surface area contributed by atoms with Crippen LogP contribution in [0, 0.1) is 12.3 Å². The molecule has 0 aliphatic heterocycles. The molecule has 0 unspecified atom stereocenters. The molecule has 0 heterocycles. The monoisotopic (exact) mass is 185 g/mol. The Bertz CT molecular complexity index is 399. The third-order valence-electron chi connectivity index (χ3n) is 2.20. The third kappa shape index (κ3) is 1.99. The minimum atomic E-state index is 0.430. The summed E-state index contributed by atoms with van der Waals surface area (Å²) in [6, 6.07) is 7.94. The zero-order chi connectivity index (χ0) is 10.7. The molecule has 0 aromatic heterocycles. The minimum Gasteiger partial charge on any atom is -0.300 e. The summed E-state index contributed by atoms with van der Waals surface area (Å²) >= 11 is 0. The second-order valence-corrected chi connectivity index (χ2v) is 3.45. The van der Waals surface area contributed by atoms with E-state index in [9.17, 15) is 0 Å². The molecule has 14 heavy (non-hydrogen) atoms. The predicted octanol–water partition coefficient (Wildman–Crippen LogP) is 3.60. The van der Waals surface area contributed by atoms with Gasteiger partial charge >= 0.3 is 0 Å². The first-order valence-electron chi connectivity index (χ1n) is 4.53. The van der Waals surface area contributed by atoms with Crippen LogP contribution in [0.25, 0.3) is 5.57 Å². The predicted molar refractivity (Wildman–Crippen MR) is 62.8 cm³/mol. The molecule has 0 aliphatic carbocycles. The molecule has 1 nitrogen and oxygen atoms in total. The molecule has 1 heteroatoms. The second-order valence-electron chi connectivity index (χ2n) is 3.45. The van der Waals surface area contributed by atoms with E-state index in [4.69, 9.17) is 5.41 Å². The Kier molecular flexibility index (Phi) is 3.03. The molecule has 1 aromatic rings. The summed E-state index contributed by atoms with van der Waals surface area (Å²) in [5, 5.41) is 7.78. The maximum absolute atomic E-state index is 7.78. The van der Waals surface area contributed by atoms with E-state index in [2.05, 4.69) is 13.2 Å². The van der Waals surface area contributed by atoms with Gasteiger partial charge in [0.05, 0.1) is 5.71 Å². The fraction of sp³-hybridized carbons (Fsp3) is 0.154. The van der Waals surface area contributed by atoms with Crippen molar-refractivity contribution in [2.75, 3.05) is 0 Å². The maximum atomic E-state index is 7.78. The van der Waals surface area contributed by atoms with Crippen LogP contribution in [0.3, 0.4) is 0 Å². The van der Waals surface area contributed by atoms with Crippen LogP contribution in [0.2, 0.25) is 0 Å². The lowest BCUT2D eigenvalue weighted by molar-refractivity contribution is 1.41. The van der Waals surface area contributed by atoms with E-state index >= 15 is 0 Å². The molecular formula is C13H15N. The quantitative estimate of drug-likeness (QED) is 0.696. The molecule has 0 bridgehead atoms. The van der Waals surface area contributed by atoms with Crippen LogP contribution in [0.15, 0.2) is 43.0 Å². The Labute approximate surface area is 85.3 Å². The molecule has 0 aliphatic rings. The molecular weight excluding hydrogens is 170 g/mol. The van der Waals surface area contributed by atoms with Crippen molar-refractivity contribution in [3.05, 3.63) is 54.1 Å². The Morgan fingerprint density at radius 2 is 1.79 bits per heavy atom. The van der Waals surface area contributed by atoms with Crippen molar-refractivity contribution in [1.82, 2.24) is 0 Å². The standard InChI is InChI=1S/C13H15N/c1-9(2)13(14)11(4)12-8-6-5-7-10(12)3/h5-8,14H,1,4H2,2-3H3. The molecule has 0 saturated carbocycles. The Morgan fingerprint density at radius 1 is 1.21 bits per heavy atom. The smallest absolute Gasteiger partial charge is 0.0635 e. The number of nitrogens with one attached hydrogen (secondary N) is 1. The summed E-state index contributed by atoms with van der Waals surface area (Å²) in [5.41, 5.74) is 4.09. The highest BCUT2D eigenvalue weighted by molar-refractivity contribution is 6.29. The van der Waals surface area contributed by atoms with Gasteiger partial charge in [0, 0.05) is 0 Å². The zero-order valence-electron chi connectivity index (χ0n) is 8.72. The lowest BCUT2D eigenvalue weighted by Crippen LogP contribution is -2.01. The summed E-state index contributed by atoms with van der Waals surface area (Å²) in [6.45, 7) is 11.5. The summed E-state index contributed by atoms with van der Waals surface area (Å²) in [4.78, 5) is 0. The van der Waals surface area contributed by atoms with Gasteiger partial charge in [0.1, 0.15) is 0 Å². The third-order valence-corrected chi connectivity index (χ3v) is 2.20. The van der Waals surface area contributed by atoms with Crippen molar-refractivity contribution in [3.63, 3.8) is 0 Å². The first-order chi connectivity index (χ1) is 6.54. The molecule has 0 amide bonds. The van der Waals surface area contributed by atoms with Crippen molar-refractivity contribution in [3.8, 4) is 0 Å². The molecule has 72 valence electrons. The number of benzene rings is 1. The van der Waals surface area contributed by atoms with Crippen LogP contribution < -0.4 is 0 Å². The van der Waals surface area contributed by atoms with E-state index in [1.165, 1.54) is 0 Å². The van der Waals surface area contributed by atoms with Gasteiger partial charge in [-0.25, -0.2) is 0 Å². The van der Waals surface area contributed by atoms with E-state index in [0.717, 1.165) is 22.3 Å². The van der Waals surface area contributed by atoms with E-state index in [1.54, 1.807) is 0 Å². The van der Waals surface area contributed by atoms with E-state index in [1.807, 2.05) is 38.1 Å². The largest absolute Gasteiger partial charge is 0.300 e. The Morgan fingerprint density at radius 3 is 2.29 bits per heavy atom. The zero-order valence-corrected chi connectivity index (χ0v) is 8.72. The molecule has 0 radical (unpaired) electrons. The van der Waals surface area contributed by atoms with Gasteiger partial charge in [0.2, 0.25) is 0 Å². The van der Waals surface area contributed by atoms with Crippen LogP contribution in [0.1, 0.15) is 18.1 Å². The number of aryl methyl sites for hydroxylation is 1. The van der Waals surface area contributed by atoms with Crippen molar-refractivity contribution in [1.29, 1.82) is 5.41 Å². The van der Waals surface area contributed by atoms with Crippen LogP contribution in [-0.2, 0) is 0 Å². The molecule has 1 rings (SSSR count). The molecule has 0 atom stereocenters. The van der Waals surface area contributed by atoms with Gasteiger partial charge in [-0.2, -0.15) is 0 Å². The lowest BCUT2D eigenvalue weighted by Gasteiger charge is -2.09.